The molecule has 0 aliphatic heterocycles. The number of carbonyl (C=O) groups excluding carboxylic acids is 1. The third-order valence-electron chi connectivity index (χ3n) is 5.63. The zero-order chi connectivity index (χ0) is 22.4. The van der Waals surface area contributed by atoms with E-state index in [9.17, 15) is 9.59 Å². The third kappa shape index (κ3) is 4.84. The highest BCUT2D eigenvalue weighted by atomic mass is 16.5. The lowest BCUT2D eigenvalue weighted by atomic mass is 9.77. The second-order valence-corrected chi connectivity index (χ2v) is 7.56. The quantitative estimate of drug-likeness (QED) is 0.703. The fourth-order valence-corrected chi connectivity index (χ4v) is 3.71. The van der Waals surface area contributed by atoms with Crippen molar-refractivity contribution in [1.82, 2.24) is 14.9 Å². The van der Waals surface area contributed by atoms with Crippen LogP contribution in [0.25, 0.3) is 0 Å². The van der Waals surface area contributed by atoms with Gasteiger partial charge in [-0.2, -0.15) is 5.26 Å². The summed E-state index contributed by atoms with van der Waals surface area (Å²) >= 11 is 0. The van der Waals surface area contributed by atoms with Gasteiger partial charge in [0, 0.05) is 37.8 Å². The average Bonchev–Trinajstić information content (AvgIpc) is 2.75. The van der Waals surface area contributed by atoms with Gasteiger partial charge in [-0.25, -0.2) is 4.98 Å². The van der Waals surface area contributed by atoms with Crippen molar-refractivity contribution >= 4 is 11.7 Å². The second kappa shape index (κ2) is 9.58. The normalized spacial score (nSPS) is 15.0. The number of carbonyl (C=O) groups is 1. The number of pyridine rings is 2. The Bertz CT molecular complexity index is 1060. The molecule has 0 bridgehead atoms. The molecule has 1 N–H and O–H groups in total. The van der Waals surface area contributed by atoms with Crippen LogP contribution in [0.1, 0.15) is 44.4 Å². The summed E-state index contributed by atoms with van der Waals surface area (Å²) in [4.78, 5) is 30.6. The van der Waals surface area contributed by atoms with Crippen molar-refractivity contribution in [1.29, 1.82) is 5.26 Å². The lowest BCUT2D eigenvalue weighted by Gasteiger charge is -2.42. The maximum absolute atomic E-state index is 12.4. The third-order valence-corrected chi connectivity index (χ3v) is 5.63. The number of nitrogens with zero attached hydrogens (tertiary/aromatic N) is 4. The summed E-state index contributed by atoms with van der Waals surface area (Å²) in [6.45, 7) is 4.40. The van der Waals surface area contributed by atoms with Gasteiger partial charge in [0.15, 0.2) is 0 Å². The number of anilines is 1. The van der Waals surface area contributed by atoms with Crippen LogP contribution in [0.4, 0.5) is 5.82 Å². The summed E-state index contributed by atoms with van der Waals surface area (Å²) in [6, 6.07) is 10.6. The van der Waals surface area contributed by atoms with Crippen LogP contribution in [-0.2, 0) is 22.2 Å². The van der Waals surface area contributed by atoms with Crippen molar-refractivity contribution < 1.29 is 9.53 Å². The second-order valence-electron chi connectivity index (χ2n) is 7.56. The first-order valence-corrected chi connectivity index (χ1v) is 10.3. The molecule has 3 rings (SSSR count). The molecule has 1 aliphatic rings. The molecule has 2 aromatic rings. The highest BCUT2D eigenvalue weighted by Gasteiger charge is 2.42. The molecule has 0 radical (unpaired) electrons. The topological polar surface area (TPSA) is 100 Å². The SMILES string of the molecule is CCN(/C(C)=C/NC(=O)COC1(c2cccc(=O)n2C)CCC1)c1ccc(C#N)cn1. The molecule has 1 aliphatic carbocycles. The molecular weight excluding hydrogens is 394 g/mol. The number of nitriles is 1. The summed E-state index contributed by atoms with van der Waals surface area (Å²) in [5.41, 5.74) is 1.42. The molecule has 0 atom stereocenters. The van der Waals surface area contributed by atoms with Crippen molar-refractivity contribution in [3.8, 4) is 6.07 Å². The lowest BCUT2D eigenvalue weighted by molar-refractivity contribution is -0.145. The fourth-order valence-electron chi connectivity index (χ4n) is 3.71. The van der Waals surface area contributed by atoms with Crippen LogP contribution in [0.5, 0.6) is 0 Å². The highest BCUT2D eigenvalue weighted by molar-refractivity contribution is 5.78. The van der Waals surface area contributed by atoms with Crippen LogP contribution in [0.2, 0.25) is 0 Å². The van der Waals surface area contributed by atoms with Crippen LogP contribution in [0, 0.1) is 11.3 Å². The molecule has 0 saturated heterocycles. The van der Waals surface area contributed by atoms with E-state index in [1.54, 1.807) is 36.0 Å². The predicted molar refractivity (Wildman–Crippen MR) is 117 cm³/mol. The van der Waals surface area contributed by atoms with E-state index >= 15 is 0 Å². The van der Waals surface area contributed by atoms with E-state index in [4.69, 9.17) is 10.00 Å². The monoisotopic (exact) mass is 421 g/mol. The molecule has 8 nitrogen and oxygen atoms in total. The Morgan fingerprint density at radius 2 is 2.16 bits per heavy atom. The Kier molecular flexibility index (Phi) is 6.88. The van der Waals surface area contributed by atoms with Crippen molar-refractivity contribution in [2.24, 2.45) is 7.05 Å². The van der Waals surface area contributed by atoms with Gasteiger partial charge in [0.05, 0.1) is 11.3 Å². The van der Waals surface area contributed by atoms with Crippen molar-refractivity contribution in [2.45, 2.75) is 38.7 Å². The van der Waals surface area contributed by atoms with E-state index in [1.165, 1.54) is 12.3 Å². The minimum absolute atomic E-state index is 0.0912. The number of nitrogens with one attached hydrogen (secondary N) is 1. The molecule has 2 heterocycles. The lowest BCUT2D eigenvalue weighted by Crippen LogP contribution is -2.43. The summed E-state index contributed by atoms with van der Waals surface area (Å²) in [5, 5.41) is 11.7. The molecule has 8 heteroatoms. The van der Waals surface area contributed by atoms with E-state index in [2.05, 4.69) is 10.3 Å². The Morgan fingerprint density at radius 1 is 1.39 bits per heavy atom. The standard InChI is InChI=1S/C23H27N5O3/c1-4-28(20-10-9-18(13-24)15-25-20)17(2)14-26-21(29)16-31-23(11-6-12-23)19-7-5-8-22(30)27(19)3/h5,7-10,14-15H,4,6,11-12,16H2,1-3H3,(H,26,29)/b17-14+. The van der Waals surface area contributed by atoms with Gasteiger partial charge in [0.25, 0.3) is 5.56 Å². The molecule has 0 aromatic carbocycles. The van der Waals surface area contributed by atoms with Gasteiger partial charge in [-0.05, 0) is 51.3 Å². The minimum atomic E-state index is -0.590. The number of hydrogen-bond acceptors (Lipinski definition) is 6. The first kappa shape index (κ1) is 22.2. The number of amides is 1. The van der Waals surface area contributed by atoms with Gasteiger partial charge in [-0.3, -0.25) is 9.59 Å². The molecule has 1 saturated carbocycles. The zero-order valence-electron chi connectivity index (χ0n) is 18.1. The number of hydrogen-bond donors (Lipinski definition) is 1. The van der Waals surface area contributed by atoms with Crippen molar-refractivity contribution in [2.75, 3.05) is 18.1 Å². The van der Waals surface area contributed by atoms with Crippen LogP contribution < -0.4 is 15.8 Å². The van der Waals surface area contributed by atoms with Gasteiger partial charge in [0.2, 0.25) is 5.91 Å². The van der Waals surface area contributed by atoms with E-state index in [-0.39, 0.29) is 18.1 Å². The van der Waals surface area contributed by atoms with Crippen LogP contribution in [-0.4, -0.2) is 28.6 Å². The first-order valence-electron chi connectivity index (χ1n) is 10.3. The van der Waals surface area contributed by atoms with E-state index in [0.717, 1.165) is 30.7 Å². The Balaban J connectivity index is 1.63. The number of aromatic nitrogens is 2. The van der Waals surface area contributed by atoms with Gasteiger partial charge in [-0.1, -0.05) is 6.07 Å². The molecule has 162 valence electrons. The van der Waals surface area contributed by atoms with Gasteiger partial charge < -0.3 is 19.5 Å². The average molecular weight is 422 g/mol. The summed E-state index contributed by atoms with van der Waals surface area (Å²) < 4.78 is 7.61. The molecular formula is C23H27N5O3. The molecule has 31 heavy (non-hydrogen) atoms. The smallest absolute Gasteiger partial charge is 0.250 e. The maximum Gasteiger partial charge on any atom is 0.250 e. The van der Waals surface area contributed by atoms with Crippen LogP contribution in [0.15, 0.2) is 53.2 Å². The largest absolute Gasteiger partial charge is 0.359 e. The van der Waals surface area contributed by atoms with Crippen LogP contribution >= 0.6 is 0 Å². The molecule has 0 unspecified atom stereocenters. The zero-order valence-corrected chi connectivity index (χ0v) is 18.1. The summed E-state index contributed by atoms with van der Waals surface area (Å²) in [7, 11) is 1.73. The number of ether oxygens (including phenoxy) is 1. The number of allylic oxidation sites excluding steroid dienone is 1. The molecule has 1 amide bonds. The molecule has 2 aromatic heterocycles. The first-order chi connectivity index (χ1) is 14.9. The molecule has 1 fully saturated rings. The molecule has 0 spiro atoms. The van der Waals surface area contributed by atoms with E-state index in [1.807, 2.05) is 30.9 Å². The maximum atomic E-state index is 12.4. The summed E-state index contributed by atoms with van der Waals surface area (Å²) in [5.74, 6) is 0.426. The van der Waals surface area contributed by atoms with Gasteiger partial charge >= 0.3 is 0 Å². The van der Waals surface area contributed by atoms with Crippen molar-refractivity contribution in [3.05, 3.63) is 70.0 Å². The van der Waals surface area contributed by atoms with Crippen molar-refractivity contribution in [3.63, 3.8) is 0 Å². The van der Waals surface area contributed by atoms with Gasteiger partial charge in [-0.15, -0.1) is 0 Å². The highest BCUT2D eigenvalue weighted by Crippen LogP contribution is 2.44. The van der Waals surface area contributed by atoms with Crippen LogP contribution in [0.3, 0.4) is 0 Å². The predicted octanol–water partition coefficient (Wildman–Crippen LogP) is 2.55. The van der Waals surface area contributed by atoms with E-state index in [0.29, 0.717) is 17.9 Å². The van der Waals surface area contributed by atoms with Gasteiger partial charge in [0.1, 0.15) is 24.1 Å². The number of rotatable bonds is 8. The Morgan fingerprint density at radius 3 is 2.74 bits per heavy atom. The Labute approximate surface area is 181 Å². The fraction of sp³-hybridized carbons (Fsp3) is 0.391. The van der Waals surface area contributed by atoms with E-state index < -0.39 is 5.60 Å². The summed E-state index contributed by atoms with van der Waals surface area (Å²) in [6.07, 6.45) is 5.70. The Hall–Kier alpha value is -3.44. The minimum Gasteiger partial charge on any atom is -0.359 e.